The molecule has 1 aromatic carbocycles. The second kappa shape index (κ2) is 6.64. The van der Waals surface area contributed by atoms with Crippen molar-refractivity contribution >= 4 is 15.9 Å². The Balaban J connectivity index is 2.07. The second-order valence-corrected chi connectivity index (χ2v) is 5.56. The summed E-state index contributed by atoms with van der Waals surface area (Å²) in [6.07, 6.45) is 3.01. The first-order chi connectivity index (χ1) is 8.72. The highest BCUT2D eigenvalue weighted by atomic mass is 79.9. The largest absolute Gasteiger partial charge is 0.381 e. The van der Waals surface area contributed by atoms with Crippen LogP contribution >= 0.6 is 15.9 Å². The number of nitrogens with one attached hydrogen (secondary N) is 1. The highest BCUT2D eigenvalue weighted by Gasteiger charge is 2.23. The van der Waals surface area contributed by atoms with Gasteiger partial charge in [0, 0.05) is 19.3 Å². The van der Waals surface area contributed by atoms with Crippen LogP contribution in [-0.4, -0.2) is 26.3 Å². The minimum absolute atomic E-state index is 0.186. The van der Waals surface area contributed by atoms with Crippen LogP contribution in [0.25, 0.3) is 0 Å². The summed E-state index contributed by atoms with van der Waals surface area (Å²) < 4.78 is 19.5. The molecule has 100 valence electrons. The standard InChI is InChI=1S/C14H19BrFNO/c1-17-13(10-5-7-18-8-6-10)9-11-3-2-4-12(16)14(11)15/h2-4,10,13,17H,5-9H2,1H3. The van der Waals surface area contributed by atoms with Crippen LogP contribution in [0, 0.1) is 11.7 Å². The Bertz CT molecular complexity index is 393. The van der Waals surface area contributed by atoms with Gasteiger partial charge in [-0.1, -0.05) is 12.1 Å². The van der Waals surface area contributed by atoms with E-state index >= 15 is 0 Å². The fraction of sp³-hybridized carbons (Fsp3) is 0.571. The van der Waals surface area contributed by atoms with Crippen molar-refractivity contribution in [2.75, 3.05) is 20.3 Å². The molecule has 0 radical (unpaired) electrons. The molecule has 1 aliphatic heterocycles. The number of hydrogen-bond donors (Lipinski definition) is 1. The third-order valence-electron chi connectivity index (χ3n) is 3.68. The fourth-order valence-electron chi connectivity index (χ4n) is 2.57. The molecule has 18 heavy (non-hydrogen) atoms. The van der Waals surface area contributed by atoms with E-state index in [4.69, 9.17) is 4.74 Å². The van der Waals surface area contributed by atoms with Crippen LogP contribution in [0.5, 0.6) is 0 Å². The lowest BCUT2D eigenvalue weighted by Crippen LogP contribution is -2.38. The summed E-state index contributed by atoms with van der Waals surface area (Å²) in [7, 11) is 1.98. The molecule has 2 rings (SSSR count). The van der Waals surface area contributed by atoms with E-state index in [1.54, 1.807) is 6.07 Å². The SMILES string of the molecule is CNC(Cc1cccc(F)c1Br)C1CCOCC1. The van der Waals surface area contributed by atoms with Crippen LogP contribution < -0.4 is 5.32 Å². The zero-order chi connectivity index (χ0) is 13.0. The van der Waals surface area contributed by atoms with Gasteiger partial charge >= 0.3 is 0 Å². The van der Waals surface area contributed by atoms with Gasteiger partial charge in [0.15, 0.2) is 0 Å². The highest BCUT2D eigenvalue weighted by Crippen LogP contribution is 2.26. The van der Waals surface area contributed by atoms with Gasteiger partial charge in [-0.05, 0) is 59.8 Å². The van der Waals surface area contributed by atoms with Crippen LogP contribution in [0.15, 0.2) is 22.7 Å². The maximum absolute atomic E-state index is 13.5. The van der Waals surface area contributed by atoms with Crippen molar-refractivity contribution in [3.05, 3.63) is 34.1 Å². The molecule has 1 heterocycles. The average Bonchev–Trinajstić information content (AvgIpc) is 2.41. The van der Waals surface area contributed by atoms with Crippen molar-refractivity contribution < 1.29 is 9.13 Å². The molecule has 1 N–H and O–H groups in total. The number of benzene rings is 1. The quantitative estimate of drug-likeness (QED) is 0.921. The smallest absolute Gasteiger partial charge is 0.137 e. The molecule has 0 aliphatic carbocycles. The minimum Gasteiger partial charge on any atom is -0.381 e. The van der Waals surface area contributed by atoms with Crippen LogP contribution in [0.3, 0.4) is 0 Å². The van der Waals surface area contributed by atoms with Gasteiger partial charge in [-0.25, -0.2) is 4.39 Å². The van der Waals surface area contributed by atoms with Gasteiger partial charge in [-0.3, -0.25) is 0 Å². The summed E-state index contributed by atoms with van der Waals surface area (Å²) in [5.41, 5.74) is 1.03. The molecule has 0 spiro atoms. The zero-order valence-corrected chi connectivity index (χ0v) is 12.2. The monoisotopic (exact) mass is 315 g/mol. The van der Waals surface area contributed by atoms with Crippen molar-refractivity contribution in [1.29, 1.82) is 0 Å². The molecule has 0 saturated carbocycles. The first kappa shape index (κ1) is 14.0. The number of likely N-dealkylation sites (N-methyl/N-ethyl adjacent to an activating group) is 1. The van der Waals surface area contributed by atoms with Crippen molar-refractivity contribution in [2.45, 2.75) is 25.3 Å². The van der Waals surface area contributed by atoms with Crippen molar-refractivity contribution in [3.63, 3.8) is 0 Å². The molecule has 1 atom stereocenters. The van der Waals surface area contributed by atoms with E-state index in [9.17, 15) is 4.39 Å². The summed E-state index contributed by atoms with van der Waals surface area (Å²) in [6.45, 7) is 1.68. The number of halogens is 2. The molecule has 1 fully saturated rings. The highest BCUT2D eigenvalue weighted by molar-refractivity contribution is 9.10. The molecule has 1 saturated heterocycles. The number of hydrogen-bond acceptors (Lipinski definition) is 2. The molecule has 0 amide bonds. The molecule has 1 aliphatic rings. The Morgan fingerprint density at radius 2 is 2.17 bits per heavy atom. The summed E-state index contributed by atoms with van der Waals surface area (Å²) in [4.78, 5) is 0. The van der Waals surface area contributed by atoms with E-state index < -0.39 is 0 Å². The zero-order valence-electron chi connectivity index (χ0n) is 10.6. The van der Waals surface area contributed by atoms with E-state index in [1.807, 2.05) is 13.1 Å². The second-order valence-electron chi connectivity index (χ2n) is 4.76. The van der Waals surface area contributed by atoms with Crippen LogP contribution in [-0.2, 0) is 11.2 Å². The van der Waals surface area contributed by atoms with Gasteiger partial charge in [0.1, 0.15) is 5.82 Å². The third kappa shape index (κ3) is 3.31. The molecule has 4 heteroatoms. The Kier molecular flexibility index (Phi) is 5.15. The van der Waals surface area contributed by atoms with E-state index in [0.717, 1.165) is 38.0 Å². The van der Waals surface area contributed by atoms with Crippen LogP contribution in [0.2, 0.25) is 0 Å². The topological polar surface area (TPSA) is 21.3 Å². The Labute approximate surface area is 116 Å². The fourth-order valence-corrected chi connectivity index (χ4v) is 2.99. The summed E-state index contributed by atoms with van der Waals surface area (Å²) in [5, 5.41) is 3.37. The van der Waals surface area contributed by atoms with E-state index in [1.165, 1.54) is 6.07 Å². The maximum Gasteiger partial charge on any atom is 0.137 e. The predicted molar refractivity (Wildman–Crippen MR) is 74.2 cm³/mol. The lowest BCUT2D eigenvalue weighted by molar-refractivity contribution is 0.0547. The third-order valence-corrected chi connectivity index (χ3v) is 4.57. The van der Waals surface area contributed by atoms with E-state index in [-0.39, 0.29) is 5.82 Å². The van der Waals surface area contributed by atoms with Gasteiger partial charge < -0.3 is 10.1 Å². The van der Waals surface area contributed by atoms with E-state index in [2.05, 4.69) is 21.2 Å². The summed E-state index contributed by atoms with van der Waals surface area (Å²) >= 11 is 3.33. The molecule has 2 nitrogen and oxygen atoms in total. The Morgan fingerprint density at radius 1 is 1.44 bits per heavy atom. The normalized spacial score (nSPS) is 18.8. The van der Waals surface area contributed by atoms with Crippen LogP contribution in [0.1, 0.15) is 18.4 Å². The average molecular weight is 316 g/mol. The lowest BCUT2D eigenvalue weighted by Gasteiger charge is -2.30. The number of rotatable bonds is 4. The van der Waals surface area contributed by atoms with Gasteiger partial charge in [-0.15, -0.1) is 0 Å². The van der Waals surface area contributed by atoms with Gasteiger partial charge in [0.2, 0.25) is 0 Å². The minimum atomic E-state index is -0.186. The number of ether oxygens (including phenoxy) is 1. The van der Waals surface area contributed by atoms with Gasteiger partial charge in [0.25, 0.3) is 0 Å². The van der Waals surface area contributed by atoms with Crippen molar-refractivity contribution in [3.8, 4) is 0 Å². The Hall–Kier alpha value is -0.450. The molecule has 0 aromatic heterocycles. The predicted octanol–water partition coefficient (Wildman–Crippen LogP) is 3.15. The molecule has 1 aromatic rings. The molecule has 1 unspecified atom stereocenters. The van der Waals surface area contributed by atoms with Crippen LogP contribution in [0.4, 0.5) is 4.39 Å². The molecular weight excluding hydrogens is 297 g/mol. The van der Waals surface area contributed by atoms with Gasteiger partial charge in [0.05, 0.1) is 4.47 Å². The summed E-state index contributed by atoms with van der Waals surface area (Å²) in [5.74, 6) is 0.424. The Morgan fingerprint density at radius 3 is 2.83 bits per heavy atom. The van der Waals surface area contributed by atoms with Crippen molar-refractivity contribution in [1.82, 2.24) is 5.32 Å². The first-order valence-electron chi connectivity index (χ1n) is 6.40. The molecular formula is C14H19BrFNO. The summed E-state index contributed by atoms with van der Waals surface area (Å²) in [6, 6.07) is 5.62. The lowest BCUT2D eigenvalue weighted by atomic mass is 9.88. The molecule has 0 bridgehead atoms. The van der Waals surface area contributed by atoms with Crippen molar-refractivity contribution in [2.24, 2.45) is 5.92 Å². The maximum atomic E-state index is 13.5. The van der Waals surface area contributed by atoms with Gasteiger partial charge in [-0.2, -0.15) is 0 Å². The van der Waals surface area contributed by atoms with E-state index in [0.29, 0.717) is 16.4 Å². The first-order valence-corrected chi connectivity index (χ1v) is 7.19.